The highest BCUT2D eigenvalue weighted by Gasteiger charge is 2.31. The average Bonchev–Trinajstić information content (AvgIpc) is 1.86. The molecule has 0 saturated carbocycles. The summed E-state index contributed by atoms with van der Waals surface area (Å²) in [7, 11) is 0. The van der Waals surface area contributed by atoms with Crippen molar-refractivity contribution in [3.05, 3.63) is 12.3 Å². The van der Waals surface area contributed by atoms with Gasteiger partial charge in [0.1, 0.15) is 0 Å². The molecule has 0 aromatic heterocycles. The first-order chi connectivity index (χ1) is 5.00. The molecule has 0 atom stereocenters. The van der Waals surface area contributed by atoms with Crippen LogP contribution < -0.4 is 0 Å². The van der Waals surface area contributed by atoms with Gasteiger partial charge >= 0.3 is 0 Å². The van der Waals surface area contributed by atoms with Gasteiger partial charge in [0.05, 0.1) is 6.61 Å². The van der Waals surface area contributed by atoms with Crippen LogP contribution in [0.2, 0.25) is 0 Å². The predicted molar refractivity (Wildman–Crippen MR) is 47.4 cm³/mol. The van der Waals surface area contributed by atoms with Gasteiger partial charge in [-0.05, 0) is 0 Å². The maximum absolute atomic E-state index is 5.51. The van der Waals surface area contributed by atoms with E-state index in [1.807, 2.05) is 0 Å². The van der Waals surface area contributed by atoms with Gasteiger partial charge in [-0.25, -0.2) is 4.99 Å². The molecule has 5 heteroatoms. The summed E-state index contributed by atoms with van der Waals surface area (Å²) in [4.78, 5) is 3.86. The van der Waals surface area contributed by atoms with Crippen LogP contribution in [0.5, 0.6) is 0 Å². The summed E-state index contributed by atoms with van der Waals surface area (Å²) < 4.78 is 3.44. The first-order valence-electron chi connectivity index (χ1n) is 2.96. The van der Waals surface area contributed by atoms with Gasteiger partial charge in [-0.15, -0.1) is 0 Å². The number of hydrogen-bond donors (Lipinski definition) is 0. The van der Waals surface area contributed by atoms with Crippen LogP contribution in [0.15, 0.2) is 17.3 Å². The fourth-order valence-corrected chi connectivity index (χ4v) is 0.933. The van der Waals surface area contributed by atoms with Gasteiger partial charge in [-0.1, -0.05) is 41.4 Å². The van der Waals surface area contributed by atoms with Gasteiger partial charge in [-0.2, -0.15) is 0 Å². The molecule has 2 nitrogen and oxygen atoms in total. The molecule has 0 aromatic carbocycles. The Morgan fingerprint density at radius 1 is 1.45 bits per heavy atom. The molecule has 0 radical (unpaired) electrons. The summed E-state index contributed by atoms with van der Waals surface area (Å²) >= 11 is 16.5. The third-order valence-electron chi connectivity index (χ3n) is 1.13. The summed E-state index contributed by atoms with van der Waals surface area (Å²) in [5, 5.41) is 0. The maximum atomic E-state index is 5.51. The number of aliphatic imine (C=N–C) groups is 1. The minimum Gasteiger partial charge on any atom is -0.477 e. The molecule has 0 N–H and O–H groups in total. The lowest BCUT2D eigenvalue weighted by Gasteiger charge is -2.19. The standard InChI is InChI=1S/C6H6Cl3NO/c1-4-2-3-11-5(10-4)6(7,8)9/h1-3H2. The molecule has 0 fully saturated rings. The van der Waals surface area contributed by atoms with Gasteiger partial charge < -0.3 is 4.74 Å². The van der Waals surface area contributed by atoms with Crippen molar-refractivity contribution in [1.82, 2.24) is 0 Å². The smallest absolute Gasteiger partial charge is 0.266 e. The van der Waals surface area contributed by atoms with E-state index < -0.39 is 3.79 Å². The highest BCUT2D eigenvalue weighted by atomic mass is 35.6. The van der Waals surface area contributed by atoms with E-state index in [1.165, 1.54) is 0 Å². The topological polar surface area (TPSA) is 21.6 Å². The summed E-state index contributed by atoms with van der Waals surface area (Å²) in [6.07, 6.45) is 0.685. The monoisotopic (exact) mass is 213 g/mol. The average molecular weight is 214 g/mol. The lowest BCUT2D eigenvalue weighted by molar-refractivity contribution is 0.289. The van der Waals surface area contributed by atoms with Crippen molar-refractivity contribution in [3.63, 3.8) is 0 Å². The van der Waals surface area contributed by atoms with Crippen LogP contribution in [-0.2, 0) is 4.74 Å². The molecule has 0 bridgehead atoms. The Hall–Kier alpha value is 0.0800. The second-order valence-corrected chi connectivity index (χ2v) is 4.36. The number of halogens is 3. The number of rotatable bonds is 0. The van der Waals surface area contributed by atoms with E-state index in [-0.39, 0.29) is 5.90 Å². The highest BCUT2D eigenvalue weighted by molar-refractivity contribution is 6.76. The second kappa shape index (κ2) is 3.21. The van der Waals surface area contributed by atoms with Gasteiger partial charge in [0.2, 0.25) is 5.90 Å². The van der Waals surface area contributed by atoms with Crippen molar-refractivity contribution < 1.29 is 4.74 Å². The molecule has 0 amide bonds. The van der Waals surface area contributed by atoms with Crippen LogP contribution in [-0.4, -0.2) is 16.3 Å². The van der Waals surface area contributed by atoms with E-state index in [1.54, 1.807) is 0 Å². The molecule has 62 valence electrons. The minimum absolute atomic E-state index is 0.110. The number of ether oxygens (including phenoxy) is 1. The highest BCUT2D eigenvalue weighted by Crippen LogP contribution is 2.30. The molecule has 0 unspecified atom stereocenters. The van der Waals surface area contributed by atoms with Crippen molar-refractivity contribution in [2.45, 2.75) is 10.2 Å². The quantitative estimate of drug-likeness (QED) is 0.568. The Morgan fingerprint density at radius 3 is 2.45 bits per heavy atom. The van der Waals surface area contributed by atoms with Crippen molar-refractivity contribution in [3.8, 4) is 0 Å². The van der Waals surface area contributed by atoms with Crippen molar-refractivity contribution in [2.75, 3.05) is 6.61 Å². The van der Waals surface area contributed by atoms with Crippen LogP contribution in [0.4, 0.5) is 0 Å². The minimum atomic E-state index is -1.57. The molecule has 0 saturated heterocycles. The summed E-state index contributed by atoms with van der Waals surface area (Å²) in [5.41, 5.74) is 0.678. The summed E-state index contributed by atoms with van der Waals surface area (Å²) in [6.45, 7) is 4.11. The Kier molecular flexibility index (Phi) is 2.68. The van der Waals surface area contributed by atoms with E-state index in [0.717, 1.165) is 0 Å². The maximum Gasteiger partial charge on any atom is 0.266 e. The normalized spacial score (nSPS) is 19.2. The Balaban J connectivity index is 2.79. The zero-order valence-electron chi connectivity index (χ0n) is 5.61. The van der Waals surface area contributed by atoms with Gasteiger partial charge in [-0.3, -0.25) is 0 Å². The molecule has 1 aliphatic rings. The fraction of sp³-hybridized carbons (Fsp3) is 0.500. The molecule has 0 aliphatic carbocycles. The molecule has 1 rings (SSSR count). The van der Waals surface area contributed by atoms with E-state index in [4.69, 9.17) is 39.5 Å². The van der Waals surface area contributed by atoms with E-state index >= 15 is 0 Å². The van der Waals surface area contributed by atoms with Crippen LogP contribution in [0.3, 0.4) is 0 Å². The summed E-state index contributed by atoms with van der Waals surface area (Å²) in [6, 6.07) is 0. The largest absolute Gasteiger partial charge is 0.477 e. The lowest BCUT2D eigenvalue weighted by Crippen LogP contribution is -2.25. The van der Waals surface area contributed by atoms with Crippen LogP contribution in [0, 0.1) is 0 Å². The van der Waals surface area contributed by atoms with Gasteiger partial charge in [0, 0.05) is 12.1 Å². The third-order valence-corrected chi connectivity index (χ3v) is 1.62. The van der Waals surface area contributed by atoms with E-state index in [0.29, 0.717) is 18.7 Å². The van der Waals surface area contributed by atoms with E-state index in [9.17, 15) is 0 Å². The molecule has 0 spiro atoms. The molecule has 1 heterocycles. The predicted octanol–water partition coefficient (Wildman–Crippen LogP) is 2.69. The molecule has 0 aromatic rings. The summed E-state index contributed by atoms with van der Waals surface area (Å²) in [5.74, 6) is 0.110. The zero-order chi connectivity index (χ0) is 8.48. The molecule has 1 aliphatic heterocycles. The number of hydrogen-bond acceptors (Lipinski definition) is 2. The second-order valence-electron chi connectivity index (χ2n) is 2.08. The SMILES string of the molecule is C=C1CCOC(C(Cl)(Cl)Cl)=N1. The van der Waals surface area contributed by atoms with Crippen LogP contribution in [0.1, 0.15) is 6.42 Å². The first kappa shape index (κ1) is 9.17. The van der Waals surface area contributed by atoms with Crippen LogP contribution >= 0.6 is 34.8 Å². The van der Waals surface area contributed by atoms with E-state index in [2.05, 4.69) is 11.6 Å². The molecule has 11 heavy (non-hydrogen) atoms. The molecular formula is C6H6Cl3NO. The van der Waals surface area contributed by atoms with Gasteiger partial charge in [0.25, 0.3) is 3.79 Å². The van der Waals surface area contributed by atoms with Crippen molar-refractivity contribution in [1.29, 1.82) is 0 Å². The number of alkyl halides is 3. The Morgan fingerprint density at radius 2 is 2.09 bits per heavy atom. The van der Waals surface area contributed by atoms with Crippen LogP contribution in [0.25, 0.3) is 0 Å². The fourth-order valence-electron chi connectivity index (χ4n) is 0.643. The molecular weight excluding hydrogens is 208 g/mol. The Labute approximate surface area is 79.8 Å². The van der Waals surface area contributed by atoms with Crippen molar-refractivity contribution >= 4 is 40.7 Å². The number of nitrogens with zero attached hydrogens (tertiary/aromatic N) is 1. The first-order valence-corrected chi connectivity index (χ1v) is 4.10. The zero-order valence-corrected chi connectivity index (χ0v) is 7.88. The Bertz CT molecular complexity index is 206. The third kappa shape index (κ3) is 2.55. The van der Waals surface area contributed by atoms with Crippen molar-refractivity contribution in [2.24, 2.45) is 4.99 Å². The lowest BCUT2D eigenvalue weighted by atomic mass is 10.3. The van der Waals surface area contributed by atoms with Gasteiger partial charge in [0.15, 0.2) is 0 Å².